The maximum absolute atomic E-state index is 9.37. The molecule has 0 saturated heterocycles. The van der Waals surface area contributed by atoms with Crippen molar-refractivity contribution >= 4 is 21.7 Å². The molecule has 1 aromatic heterocycles. The highest BCUT2D eigenvalue weighted by atomic mass is 14.7. The van der Waals surface area contributed by atoms with Gasteiger partial charge in [0.15, 0.2) is 0 Å². The lowest BCUT2D eigenvalue weighted by atomic mass is 9.97. The zero-order valence-electron chi connectivity index (χ0n) is 12.2. The van der Waals surface area contributed by atoms with Crippen LogP contribution in [-0.2, 0) is 0 Å². The van der Waals surface area contributed by atoms with Gasteiger partial charge >= 0.3 is 0 Å². The van der Waals surface area contributed by atoms with E-state index in [0.717, 1.165) is 27.7 Å². The lowest BCUT2D eigenvalue weighted by Gasteiger charge is -2.07. The molecule has 0 atom stereocenters. The minimum absolute atomic E-state index is 0.733. The van der Waals surface area contributed by atoms with Crippen molar-refractivity contribution in [1.29, 1.82) is 5.26 Å². The number of nitrogens with one attached hydrogen (secondary N) is 1. The molecule has 0 bridgehead atoms. The van der Waals surface area contributed by atoms with Gasteiger partial charge in [0.05, 0.1) is 5.56 Å². The minimum atomic E-state index is 0.733. The van der Waals surface area contributed by atoms with Gasteiger partial charge in [-0.05, 0) is 41.0 Å². The van der Waals surface area contributed by atoms with Gasteiger partial charge in [-0.2, -0.15) is 5.26 Å². The summed E-state index contributed by atoms with van der Waals surface area (Å²) in [6.45, 7) is 1.94. The fourth-order valence-electron chi connectivity index (χ4n) is 3.12. The molecular formula is C20H14N2. The van der Waals surface area contributed by atoms with Crippen molar-refractivity contribution in [3.05, 3.63) is 71.9 Å². The Bertz CT molecular complexity index is 1040. The second-order valence-corrected chi connectivity index (χ2v) is 5.52. The molecule has 2 nitrogen and oxygen atoms in total. The summed E-state index contributed by atoms with van der Waals surface area (Å²) in [7, 11) is 0. The first-order chi connectivity index (χ1) is 10.8. The molecule has 0 aliphatic rings. The minimum Gasteiger partial charge on any atom is -0.358 e. The SMILES string of the molecule is Cc1[nH]c2ccc(-c3cccc4ccccc34)cc2c1C#N. The predicted molar refractivity (Wildman–Crippen MR) is 90.7 cm³/mol. The van der Waals surface area contributed by atoms with E-state index in [1.807, 2.05) is 6.92 Å². The summed E-state index contributed by atoms with van der Waals surface area (Å²) in [4.78, 5) is 3.27. The Morgan fingerprint density at radius 1 is 0.909 bits per heavy atom. The Morgan fingerprint density at radius 2 is 1.73 bits per heavy atom. The van der Waals surface area contributed by atoms with E-state index >= 15 is 0 Å². The van der Waals surface area contributed by atoms with E-state index in [-0.39, 0.29) is 0 Å². The van der Waals surface area contributed by atoms with Crippen LogP contribution in [0.15, 0.2) is 60.7 Å². The van der Waals surface area contributed by atoms with Crippen LogP contribution in [0.4, 0.5) is 0 Å². The molecule has 104 valence electrons. The standard InChI is InChI=1S/C20H14N2/c1-13-19(12-21)18-11-15(9-10-20(18)22-13)17-8-4-6-14-5-2-3-7-16(14)17/h2-11,22H,1H3. The molecule has 4 aromatic rings. The molecule has 2 heteroatoms. The third-order valence-electron chi connectivity index (χ3n) is 4.20. The average molecular weight is 282 g/mol. The van der Waals surface area contributed by atoms with Crippen LogP contribution in [0.3, 0.4) is 0 Å². The Morgan fingerprint density at radius 3 is 2.59 bits per heavy atom. The molecule has 0 amide bonds. The first kappa shape index (κ1) is 12.7. The smallest absolute Gasteiger partial charge is 0.102 e. The first-order valence-corrected chi connectivity index (χ1v) is 7.28. The van der Waals surface area contributed by atoms with Crippen LogP contribution in [0.5, 0.6) is 0 Å². The molecule has 1 heterocycles. The summed E-state index contributed by atoms with van der Waals surface area (Å²) in [5, 5.41) is 12.8. The molecule has 0 aliphatic carbocycles. The van der Waals surface area contributed by atoms with Gasteiger partial charge in [0.1, 0.15) is 6.07 Å². The van der Waals surface area contributed by atoms with Gasteiger partial charge in [-0.25, -0.2) is 0 Å². The number of aryl methyl sites for hydroxylation is 1. The number of aromatic nitrogens is 1. The topological polar surface area (TPSA) is 39.6 Å². The Balaban J connectivity index is 2.03. The third kappa shape index (κ3) is 1.80. The predicted octanol–water partition coefficient (Wildman–Crippen LogP) is 5.17. The second kappa shape index (κ2) is 4.75. The number of hydrogen-bond acceptors (Lipinski definition) is 1. The molecule has 4 rings (SSSR count). The van der Waals surface area contributed by atoms with E-state index in [1.165, 1.54) is 16.3 Å². The van der Waals surface area contributed by atoms with Gasteiger partial charge in [0, 0.05) is 16.6 Å². The van der Waals surface area contributed by atoms with E-state index < -0.39 is 0 Å². The lowest BCUT2D eigenvalue weighted by Crippen LogP contribution is -1.82. The monoisotopic (exact) mass is 282 g/mol. The van der Waals surface area contributed by atoms with Gasteiger partial charge in [-0.1, -0.05) is 48.5 Å². The molecule has 0 spiro atoms. The summed E-state index contributed by atoms with van der Waals surface area (Å²) >= 11 is 0. The number of benzene rings is 3. The van der Waals surface area contributed by atoms with Gasteiger partial charge in [-0.3, -0.25) is 0 Å². The zero-order valence-corrected chi connectivity index (χ0v) is 12.2. The van der Waals surface area contributed by atoms with Crippen molar-refractivity contribution in [2.45, 2.75) is 6.92 Å². The number of hydrogen-bond donors (Lipinski definition) is 1. The maximum Gasteiger partial charge on any atom is 0.102 e. The van der Waals surface area contributed by atoms with Crippen molar-refractivity contribution in [1.82, 2.24) is 4.98 Å². The highest BCUT2D eigenvalue weighted by molar-refractivity contribution is 5.99. The molecule has 0 radical (unpaired) electrons. The number of nitriles is 1. The highest BCUT2D eigenvalue weighted by Gasteiger charge is 2.10. The second-order valence-electron chi connectivity index (χ2n) is 5.52. The van der Waals surface area contributed by atoms with Crippen LogP contribution < -0.4 is 0 Å². The molecule has 0 saturated carbocycles. The Kier molecular flexibility index (Phi) is 2.74. The highest BCUT2D eigenvalue weighted by Crippen LogP contribution is 2.32. The maximum atomic E-state index is 9.37. The summed E-state index contributed by atoms with van der Waals surface area (Å²) in [6.07, 6.45) is 0. The normalized spacial score (nSPS) is 10.9. The largest absolute Gasteiger partial charge is 0.358 e. The third-order valence-corrected chi connectivity index (χ3v) is 4.20. The van der Waals surface area contributed by atoms with E-state index in [9.17, 15) is 5.26 Å². The van der Waals surface area contributed by atoms with Crippen LogP contribution in [0.25, 0.3) is 32.8 Å². The Labute approximate surface area is 128 Å². The van der Waals surface area contributed by atoms with Crippen molar-refractivity contribution < 1.29 is 0 Å². The fourth-order valence-corrected chi connectivity index (χ4v) is 3.12. The quantitative estimate of drug-likeness (QED) is 0.514. The van der Waals surface area contributed by atoms with Crippen LogP contribution in [0, 0.1) is 18.3 Å². The number of rotatable bonds is 1. The van der Waals surface area contributed by atoms with Gasteiger partial charge in [0.25, 0.3) is 0 Å². The van der Waals surface area contributed by atoms with Crippen LogP contribution >= 0.6 is 0 Å². The van der Waals surface area contributed by atoms with Gasteiger partial charge in [-0.15, -0.1) is 0 Å². The fraction of sp³-hybridized carbons (Fsp3) is 0.0500. The molecule has 22 heavy (non-hydrogen) atoms. The summed E-state index contributed by atoms with van der Waals surface area (Å²) < 4.78 is 0. The number of nitrogens with zero attached hydrogens (tertiary/aromatic N) is 1. The van der Waals surface area contributed by atoms with Crippen molar-refractivity contribution in [3.63, 3.8) is 0 Å². The zero-order chi connectivity index (χ0) is 15.1. The number of fused-ring (bicyclic) bond motifs is 2. The molecule has 3 aromatic carbocycles. The summed E-state index contributed by atoms with van der Waals surface area (Å²) in [5.41, 5.74) is 5.00. The van der Waals surface area contributed by atoms with E-state index in [4.69, 9.17) is 0 Å². The Hall–Kier alpha value is -3.05. The lowest BCUT2D eigenvalue weighted by molar-refractivity contribution is 1.28. The van der Waals surface area contributed by atoms with Gasteiger partial charge < -0.3 is 4.98 Å². The van der Waals surface area contributed by atoms with Crippen molar-refractivity contribution in [2.24, 2.45) is 0 Å². The van der Waals surface area contributed by atoms with Crippen molar-refractivity contribution in [3.8, 4) is 17.2 Å². The number of aromatic amines is 1. The van der Waals surface area contributed by atoms with Crippen LogP contribution in [0.2, 0.25) is 0 Å². The molecular weight excluding hydrogens is 268 g/mol. The summed E-state index contributed by atoms with van der Waals surface area (Å²) in [5.74, 6) is 0. The van der Waals surface area contributed by atoms with Crippen LogP contribution in [-0.4, -0.2) is 4.98 Å². The van der Waals surface area contributed by atoms with Crippen LogP contribution in [0.1, 0.15) is 11.3 Å². The molecule has 0 aliphatic heterocycles. The molecule has 0 fully saturated rings. The molecule has 0 unspecified atom stereocenters. The summed E-state index contributed by atoms with van der Waals surface area (Å²) in [6, 6.07) is 23.3. The first-order valence-electron chi connectivity index (χ1n) is 7.28. The molecule has 1 N–H and O–H groups in total. The van der Waals surface area contributed by atoms with Gasteiger partial charge in [0.2, 0.25) is 0 Å². The van der Waals surface area contributed by atoms with E-state index in [0.29, 0.717) is 0 Å². The van der Waals surface area contributed by atoms with E-state index in [2.05, 4.69) is 71.7 Å². The van der Waals surface area contributed by atoms with E-state index in [1.54, 1.807) is 0 Å². The van der Waals surface area contributed by atoms with Crippen molar-refractivity contribution in [2.75, 3.05) is 0 Å². The average Bonchev–Trinajstić information content (AvgIpc) is 2.88. The number of H-pyrrole nitrogens is 1.